The standard InChI is InChI=1S/C18H18N2O4S/c1-11-6-17(21)24-16-5-4-14(7-15(11)16)23-12(2)18(22)20(3)8-13-9-25-10-19-13/h4-7,9-10,12H,8H2,1-3H3. The van der Waals surface area contributed by atoms with Crippen molar-refractivity contribution in [1.29, 1.82) is 0 Å². The number of nitrogens with zero attached hydrogens (tertiary/aromatic N) is 2. The Labute approximate surface area is 148 Å². The van der Waals surface area contributed by atoms with E-state index in [0.717, 1.165) is 16.6 Å². The van der Waals surface area contributed by atoms with E-state index in [4.69, 9.17) is 9.15 Å². The summed E-state index contributed by atoms with van der Waals surface area (Å²) in [4.78, 5) is 29.6. The van der Waals surface area contributed by atoms with Gasteiger partial charge in [-0.3, -0.25) is 4.79 Å². The molecule has 0 radical (unpaired) electrons. The molecule has 3 rings (SSSR count). The lowest BCUT2D eigenvalue weighted by molar-refractivity contribution is -0.137. The van der Waals surface area contributed by atoms with E-state index in [1.54, 1.807) is 42.6 Å². The molecule has 1 amide bonds. The lowest BCUT2D eigenvalue weighted by Gasteiger charge is -2.21. The van der Waals surface area contributed by atoms with Crippen molar-refractivity contribution < 1.29 is 13.9 Å². The van der Waals surface area contributed by atoms with E-state index >= 15 is 0 Å². The Morgan fingerprint density at radius 2 is 2.20 bits per heavy atom. The summed E-state index contributed by atoms with van der Waals surface area (Å²) < 4.78 is 10.9. The van der Waals surface area contributed by atoms with Gasteiger partial charge in [0.15, 0.2) is 6.10 Å². The molecule has 0 fully saturated rings. The van der Waals surface area contributed by atoms with E-state index in [2.05, 4.69) is 4.98 Å². The van der Waals surface area contributed by atoms with Gasteiger partial charge in [-0.25, -0.2) is 9.78 Å². The van der Waals surface area contributed by atoms with Gasteiger partial charge in [0.2, 0.25) is 0 Å². The van der Waals surface area contributed by atoms with Crippen molar-refractivity contribution in [3.8, 4) is 5.75 Å². The highest BCUT2D eigenvalue weighted by atomic mass is 32.1. The van der Waals surface area contributed by atoms with Crippen LogP contribution in [0, 0.1) is 6.92 Å². The smallest absolute Gasteiger partial charge is 0.336 e. The third-order valence-electron chi connectivity index (χ3n) is 3.84. The highest BCUT2D eigenvalue weighted by Gasteiger charge is 2.20. The van der Waals surface area contributed by atoms with Gasteiger partial charge in [0.25, 0.3) is 5.91 Å². The molecule has 7 heteroatoms. The molecular weight excluding hydrogens is 340 g/mol. The van der Waals surface area contributed by atoms with Gasteiger partial charge in [-0.1, -0.05) is 0 Å². The Morgan fingerprint density at radius 3 is 2.92 bits per heavy atom. The van der Waals surface area contributed by atoms with Crippen LogP contribution in [0.5, 0.6) is 5.75 Å². The first-order valence-corrected chi connectivity index (χ1v) is 8.71. The zero-order valence-corrected chi connectivity index (χ0v) is 15.0. The fourth-order valence-electron chi connectivity index (χ4n) is 2.57. The molecule has 0 aliphatic heterocycles. The van der Waals surface area contributed by atoms with E-state index in [9.17, 15) is 9.59 Å². The van der Waals surface area contributed by atoms with Crippen LogP contribution < -0.4 is 10.4 Å². The van der Waals surface area contributed by atoms with Crippen LogP contribution >= 0.6 is 11.3 Å². The molecule has 0 aliphatic rings. The SMILES string of the molecule is Cc1cc(=O)oc2ccc(OC(C)C(=O)N(C)Cc3cscn3)cc12. The van der Waals surface area contributed by atoms with Gasteiger partial charge in [0.1, 0.15) is 11.3 Å². The molecular formula is C18H18N2O4S. The molecule has 0 aliphatic carbocycles. The van der Waals surface area contributed by atoms with Crippen molar-refractivity contribution in [2.75, 3.05) is 7.05 Å². The minimum absolute atomic E-state index is 0.135. The number of amides is 1. The molecule has 0 N–H and O–H groups in total. The molecule has 1 aromatic carbocycles. The van der Waals surface area contributed by atoms with Crippen LogP contribution in [-0.4, -0.2) is 28.9 Å². The number of ether oxygens (including phenoxy) is 1. The van der Waals surface area contributed by atoms with Crippen LogP contribution in [0.25, 0.3) is 11.0 Å². The molecule has 3 aromatic rings. The summed E-state index contributed by atoms with van der Waals surface area (Å²) in [5.41, 5.74) is 3.51. The molecule has 0 spiro atoms. The van der Waals surface area contributed by atoms with Crippen molar-refractivity contribution in [2.24, 2.45) is 0 Å². The topological polar surface area (TPSA) is 72.6 Å². The third kappa shape index (κ3) is 3.88. The third-order valence-corrected chi connectivity index (χ3v) is 4.48. The number of thiazole rings is 1. The van der Waals surface area contributed by atoms with E-state index in [0.29, 0.717) is 17.9 Å². The summed E-state index contributed by atoms with van der Waals surface area (Å²) in [7, 11) is 1.72. The number of likely N-dealkylation sites (N-methyl/N-ethyl adjacent to an activating group) is 1. The van der Waals surface area contributed by atoms with Crippen molar-refractivity contribution >= 4 is 28.2 Å². The molecule has 1 atom stereocenters. The Hall–Kier alpha value is -2.67. The number of carbonyl (C=O) groups is 1. The van der Waals surface area contributed by atoms with Gasteiger partial charge in [-0.05, 0) is 37.6 Å². The van der Waals surface area contributed by atoms with Crippen LogP contribution in [0.3, 0.4) is 0 Å². The molecule has 130 valence electrons. The fourth-order valence-corrected chi connectivity index (χ4v) is 3.12. The summed E-state index contributed by atoms with van der Waals surface area (Å²) in [6.45, 7) is 3.99. The maximum atomic E-state index is 12.5. The van der Waals surface area contributed by atoms with Gasteiger partial charge in [0, 0.05) is 23.9 Å². The van der Waals surface area contributed by atoms with Crippen LogP contribution in [0.2, 0.25) is 0 Å². The minimum atomic E-state index is -0.642. The highest BCUT2D eigenvalue weighted by Crippen LogP contribution is 2.23. The Bertz CT molecular complexity index is 949. The summed E-state index contributed by atoms with van der Waals surface area (Å²) in [5, 5.41) is 2.70. The normalized spacial score (nSPS) is 12.1. The summed E-state index contributed by atoms with van der Waals surface area (Å²) in [6, 6.07) is 6.57. The van der Waals surface area contributed by atoms with Crippen LogP contribution in [0.1, 0.15) is 18.2 Å². The zero-order valence-electron chi connectivity index (χ0n) is 14.2. The first kappa shape index (κ1) is 17.2. The van der Waals surface area contributed by atoms with Gasteiger partial charge >= 0.3 is 5.63 Å². The Kier molecular flexibility index (Phi) is 4.85. The summed E-state index contributed by atoms with van der Waals surface area (Å²) >= 11 is 1.50. The number of hydrogen-bond acceptors (Lipinski definition) is 6. The van der Waals surface area contributed by atoms with Crippen molar-refractivity contribution in [2.45, 2.75) is 26.5 Å². The van der Waals surface area contributed by atoms with E-state index in [-0.39, 0.29) is 11.5 Å². The molecule has 0 saturated carbocycles. The molecule has 2 heterocycles. The molecule has 25 heavy (non-hydrogen) atoms. The lowest BCUT2D eigenvalue weighted by Crippen LogP contribution is -2.37. The lowest BCUT2D eigenvalue weighted by atomic mass is 10.1. The maximum Gasteiger partial charge on any atom is 0.336 e. The van der Waals surface area contributed by atoms with Crippen molar-refractivity contribution in [1.82, 2.24) is 9.88 Å². The molecule has 6 nitrogen and oxygen atoms in total. The average Bonchev–Trinajstić information content (AvgIpc) is 3.07. The maximum absolute atomic E-state index is 12.5. The molecule has 2 aromatic heterocycles. The first-order chi connectivity index (χ1) is 11.9. The predicted molar refractivity (Wildman–Crippen MR) is 95.9 cm³/mol. The molecule has 0 bridgehead atoms. The van der Waals surface area contributed by atoms with E-state index in [1.165, 1.54) is 17.4 Å². The largest absolute Gasteiger partial charge is 0.481 e. The van der Waals surface area contributed by atoms with Crippen LogP contribution in [0.15, 0.2) is 44.4 Å². The average molecular weight is 358 g/mol. The van der Waals surface area contributed by atoms with E-state index in [1.807, 2.05) is 12.3 Å². The van der Waals surface area contributed by atoms with Crippen LogP contribution in [-0.2, 0) is 11.3 Å². The monoisotopic (exact) mass is 358 g/mol. The number of benzene rings is 1. The second-order valence-electron chi connectivity index (χ2n) is 5.84. The van der Waals surface area contributed by atoms with Gasteiger partial charge in [-0.2, -0.15) is 0 Å². The van der Waals surface area contributed by atoms with Gasteiger partial charge < -0.3 is 14.1 Å². The second-order valence-corrected chi connectivity index (χ2v) is 6.56. The van der Waals surface area contributed by atoms with Crippen LogP contribution in [0.4, 0.5) is 0 Å². The minimum Gasteiger partial charge on any atom is -0.481 e. The first-order valence-electron chi connectivity index (χ1n) is 7.77. The summed E-state index contributed by atoms with van der Waals surface area (Å²) in [5.74, 6) is 0.414. The zero-order chi connectivity index (χ0) is 18.0. The second kappa shape index (κ2) is 7.06. The number of fused-ring (bicyclic) bond motifs is 1. The molecule has 0 saturated heterocycles. The van der Waals surface area contributed by atoms with Gasteiger partial charge in [-0.15, -0.1) is 11.3 Å². The predicted octanol–water partition coefficient (Wildman–Crippen LogP) is 2.98. The number of hydrogen-bond donors (Lipinski definition) is 0. The molecule has 1 unspecified atom stereocenters. The quantitative estimate of drug-likeness (QED) is 0.656. The number of aromatic nitrogens is 1. The van der Waals surface area contributed by atoms with Crippen molar-refractivity contribution in [3.63, 3.8) is 0 Å². The number of aryl methyl sites for hydroxylation is 1. The number of rotatable bonds is 5. The van der Waals surface area contributed by atoms with Gasteiger partial charge in [0.05, 0.1) is 17.7 Å². The van der Waals surface area contributed by atoms with Crippen molar-refractivity contribution in [3.05, 3.63) is 56.8 Å². The number of carbonyl (C=O) groups excluding carboxylic acids is 1. The highest BCUT2D eigenvalue weighted by molar-refractivity contribution is 7.07. The summed E-state index contributed by atoms with van der Waals surface area (Å²) in [6.07, 6.45) is -0.642. The fraction of sp³-hybridized carbons (Fsp3) is 0.278. The Balaban J connectivity index is 1.73. The Morgan fingerprint density at radius 1 is 1.40 bits per heavy atom. The van der Waals surface area contributed by atoms with E-state index < -0.39 is 6.10 Å².